The van der Waals surface area contributed by atoms with Crippen LogP contribution < -0.4 is 4.74 Å². The molecule has 0 aliphatic carbocycles. The average Bonchev–Trinajstić information content (AvgIpc) is 3.02. The van der Waals surface area contributed by atoms with Crippen molar-refractivity contribution in [3.05, 3.63) is 101 Å². The lowest BCUT2D eigenvalue weighted by atomic mass is 9.69. The molecule has 4 bridgehead atoms. The van der Waals surface area contributed by atoms with Crippen LogP contribution in [0.15, 0.2) is 78.9 Å². The number of piperidine rings is 5. The second-order valence-corrected chi connectivity index (χ2v) is 12.2. The lowest BCUT2D eigenvalue weighted by Gasteiger charge is -2.66. The Hall–Kier alpha value is -3.15. The van der Waals surface area contributed by atoms with E-state index in [1.807, 2.05) is 11.0 Å². The Morgan fingerprint density at radius 3 is 2.12 bits per heavy atom. The molecule has 0 N–H and O–H groups in total. The summed E-state index contributed by atoms with van der Waals surface area (Å²) >= 11 is 0. The van der Waals surface area contributed by atoms with E-state index in [9.17, 15) is 4.79 Å². The maximum Gasteiger partial charge on any atom is 0.253 e. The summed E-state index contributed by atoms with van der Waals surface area (Å²) in [6.45, 7) is 2.81. The molecular formula is C35H41N3O2. The fourth-order valence-electron chi connectivity index (χ4n) is 8.26. The molecule has 9 rings (SSSR count). The van der Waals surface area contributed by atoms with Gasteiger partial charge in [0.1, 0.15) is 5.75 Å². The number of hydrogen-bond donors (Lipinski definition) is 0. The fraction of sp³-hybridized carbons (Fsp3) is 0.457. The maximum atomic E-state index is 13.2. The highest BCUT2D eigenvalue weighted by atomic mass is 16.5. The molecule has 3 aromatic rings. The van der Waals surface area contributed by atoms with Crippen LogP contribution in [0.2, 0.25) is 0 Å². The molecule has 0 radical (unpaired) electrons. The first-order valence-electron chi connectivity index (χ1n) is 15.3. The van der Waals surface area contributed by atoms with E-state index in [-0.39, 0.29) is 11.9 Å². The number of nitrogens with zero attached hydrogens (tertiary/aromatic N) is 3. The Balaban J connectivity index is 1.22. The van der Waals surface area contributed by atoms with Gasteiger partial charge in [-0.2, -0.15) is 0 Å². The Bertz CT molecular complexity index is 1300. The molecule has 1 amide bonds. The van der Waals surface area contributed by atoms with Crippen molar-refractivity contribution in [3.63, 3.8) is 0 Å². The van der Waals surface area contributed by atoms with Gasteiger partial charge in [0.25, 0.3) is 5.91 Å². The molecule has 6 saturated heterocycles. The van der Waals surface area contributed by atoms with Crippen LogP contribution in [0.1, 0.15) is 78.0 Å². The SMILES string of the molecule is COc1cccc(C(c2ccc(C(=O)N3CCCCC3)cc2)N2C3CCC4C2CCC3N4Cc2ccccc2)c1. The van der Waals surface area contributed by atoms with Crippen LogP contribution in [0.25, 0.3) is 0 Å². The van der Waals surface area contributed by atoms with Crippen molar-refractivity contribution >= 4 is 5.91 Å². The average molecular weight is 536 g/mol. The largest absolute Gasteiger partial charge is 0.497 e. The summed E-state index contributed by atoms with van der Waals surface area (Å²) in [6, 6.07) is 30.6. The summed E-state index contributed by atoms with van der Waals surface area (Å²) in [4.78, 5) is 20.9. The first kappa shape index (κ1) is 25.8. The van der Waals surface area contributed by atoms with Gasteiger partial charge in [-0.05, 0) is 85.9 Å². The molecule has 3 aromatic carbocycles. The summed E-state index contributed by atoms with van der Waals surface area (Å²) < 4.78 is 5.68. The molecule has 5 heteroatoms. The highest BCUT2D eigenvalue weighted by Gasteiger charge is 2.56. The highest BCUT2D eigenvalue weighted by molar-refractivity contribution is 5.94. The quantitative estimate of drug-likeness (QED) is 0.356. The number of amides is 1. The van der Waals surface area contributed by atoms with Crippen LogP contribution in [0, 0.1) is 0 Å². The number of methoxy groups -OCH3 is 1. The van der Waals surface area contributed by atoms with E-state index in [2.05, 4.69) is 82.6 Å². The number of rotatable bonds is 7. The van der Waals surface area contributed by atoms with Crippen LogP contribution in [-0.2, 0) is 6.54 Å². The molecule has 40 heavy (non-hydrogen) atoms. The summed E-state index contributed by atoms with van der Waals surface area (Å²) in [5, 5.41) is 0. The molecule has 5 nitrogen and oxygen atoms in total. The Morgan fingerprint density at radius 1 is 0.775 bits per heavy atom. The van der Waals surface area contributed by atoms with Gasteiger partial charge in [-0.1, -0.05) is 54.6 Å². The summed E-state index contributed by atoms with van der Waals surface area (Å²) in [5.74, 6) is 1.08. The maximum absolute atomic E-state index is 13.2. The van der Waals surface area contributed by atoms with Crippen LogP contribution in [0.3, 0.4) is 0 Å². The van der Waals surface area contributed by atoms with Gasteiger partial charge in [0.2, 0.25) is 0 Å². The van der Waals surface area contributed by atoms with E-state index in [4.69, 9.17) is 4.74 Å². The summed E-state index contributed by atoms with van der Waals surface area (Å²) in [5.41, 5.74) is 4.79. The normalized spacial score (nSPS) is 27.1. The molecule has 208 valence electrons. The molecule has 6 aliphatic rings. The van der Waals surface area contributed by atoms with E-state index >= 15 is 0 Å². The molecule has 6 aliphatic heterocycles. The van der Waals surface area contributed by atoms with Crippen LogP contribution >= 0.6 is 0 Å². The Morgan fingerprint density at radius 2 is 1.45 bits per heavy atom. The second kappa shape index (κ2) is 11.0. The molecule has 6 heterocycles. The second-order valence-electron chi connectivity index (χ2n) is 12.2. The molecule has 5 atom stereocenters. The first-order valence-corrected chi connectivity index (χ1v) is 15.3. The lowest BCUT2D eigenvalue weighted by molar-refractivity contribution is -0.159. The third kappa shape index (κ3) is 4.63. The predicted molar refractivity (Wildman–Crippen MR) is 158 cm³/mol. The van der Waals surface area contributed by atoms with E-state index in [0.717, 1.165) is 43.8 Å². The predicted octanol–water partition coefficient (Wildman–Crippen LogP) is 6.29. The molecule has 0 aromatic heterocycles. The number of hydrogen-bond acceptors (Lipinski definition) is 4. The van der Waals surface area contributed by atoms with E-state index in [0.29, 0.717) is 24.2 Å². The van der Waals surface area contributed by atoms with Crippen molar-refractivity contribution in [1.82, 2.24) is 14.7 Å². The standard InChI is InChI=1S/C35H41N3O2/c1-40-29-12-8-11-28(23-29)34(26-13-15-27(16-14-26)35(39)36-21-6-3-7-22-36)38-32-19-17-30-33(38)20-18-31(32)37(30)24-25-9-4-2-5-10-25/h2,4-5,8-16,23,30-34H,3,6-7,17-22,24H2,1H3. The number of carbonyl (C=O) groups excluding carboxylic acids is 1. The summed E-state index contributed by atoms with van der Waals surface area (Å²) in [6.07, 6.45) is 8.53. The monoisotopic (exact) mass is 535 g/mol. The number of benzene rings is 3. The van der Waals surface area contributed by atoms with Crippen LogP contribution in [-0.4, -0.2) is 65.0 Å². The first-order chi connectivity index (χ1) is 19.7. The van der Waals surface area contributed by atoms with Gasteiger partial charge < -0.3 is 9.64 Å². The van der Waals surface area contributed by atoms with E-state index < -0.39 is 0 Å². The molecule has 5 unspecified atom stereocenters. The number of piperazine rings is 1. The zero-order valence-electron chi connectivity index (χ0n) is 23.6. The van der Waals surface area contributed by atoms with Crippen molar-refractivity contribution in [2.24, 2.45) is 0 Å². The van der Waals surface area contributed by atoms with Crippen LogP contribution in [0.4, 0.5) is 0 Å². The minimum absolute atomic E-state index is 0.147. The van der Waals surface area contributed by atoms with Crippen molar-refractivity contribution in [2.75, 3.05) is 20.2 Å². The smallest absolute Gasteiger partial charge is 0.253 e. The van der Waals surface area contributed by atoms with Gasteiger partial charge in [0.15, 0.2) is 0 Å². The van der Waals surface area contributed by atoms with Crippen LogP contribution in [0.5, 0.6) is 5.75 Å². The zero-order valence-corrected chi connectivity index (χ0v) is 23.6. The molecular weight excluding hydrogens is 494 g/mol. The van der Waals surface area contributed by atoms with Gasteiger partial charge in [-0.15, -0.1) is 0 Å². The molecule has 0 spiro atoms. The van der Waals surface area contributed by atoms with Crippen molar-refractivity contribution in [2.45, 2.75) is 81.7 Å². The number of fused-ring (bicyclic) bond motifs is 2. The molecule has 6 fully saturated rings. The van der Waals surface area contributed by atoms with Gasteiger partial charge >= 0.3 is 0 Å². The number of likely N-dealkylation sites (tertiary alicyclic amines) is 1. The third-order valence-electron chi connectivity index (χ3n) is 10.1. The fourth-order valence-corrected chi connectivity index (χ4v) is 8.26. The van der Waals surface area contributed by atoms with Gasteiger partial charge in [0, 0.05) is 49.4 Å². The summed E-state index contributed by atoms with van der Waals surface area (Å²) in [7, 11) is 1.75. The highest BCUT2D eigenvalue weighted by Crippen LogP contribution is 2.51. The number of ether oxygens (including phenoxy) is 1. The Labute approximate surface area is 238 Å². The van der Waals surface area contributed by atoms with Crippen molar-refractivity contribution < 1.29 is 9.53 Å². The minimum Gasteiger partial charge on any atom is -0.497 e. The van der Waals surface area contributed by atoms with E-state index in [1.54, 1.807) is 7.11 Å². The Kier molecular flexibility index (Phi) is 7.11. The van der Waals surface area contributed by atoms with Crippen molar-refractivity contribution in [1.29, 1.82) is 0 Å². The topological polar surface area (TPSA) is 36.0 Å². The number of carbonyl (C=O) groups is 1. The van der Waals surface area contributed by atoms with Gasteiger partial charge in [-0.3, -0.25) is 14.6 Å². The third-order valence-corrected chi connectivity index (χ3v) is 10.1. The minimum atomic E-state index is 0.147. The van der Waals surface area contributed by atoms with Gasteiger partial charge in [0.05, 0.1) is 13.2 Å². The van der Waals surface area contributed by atoms with Crippen molar-refractivity contribution in [3.8, 4) is 5.75 Å². The van der Waals surface area contributed by atoms with Gasteiger partial charge in [-0.25, -0.2) is 0 Å². The zero-order chi connectivity index (χ0) is 27.1. The lowest BCUT2D eigenvalue weighted by Crippen LogP contribution is -2.75. The van der Waals surface area contributed by atoms with E-state index in [1.165, 1.54) is 48.8 Å². The molecule has 0 saturated carbocycles.